The standard InChI is InChI=1S/C17H21N3O2S/c1-11(2)15-10-23-17(20-15)9-8-16(22)19-14-6-4-13(5-7-14)18-12(3)21/h4-7,10-11H,8-9H2,1-3H3,(H,18,21)(H,19,22). The predicted octanol–water partition coefficient (Wildman–Crippen LogP) is 3.80. The molecular weight excluding hydrogens is 310 g/mol. The number of carbonyl (C=O) groups is 2. The Labute approximate surface area is 140 Å². The van der Waals surface area contributed by atoms with Crippen LogP contribution >= 0.6 is 11.3 Å². The Morgan fingerprint density at radius 1 is 1.13 bits per heavy atom. The van der Waals surface area contributed by atoms with E-state index in [0.29, 0.717) is 30.1 Å². The van der Waals surface area contributed by atoms with Crippen molar-refractivity contribution in [1.82, 2.24) is 4.98 Å². The average molecular weight is 331 g/mol. The number of nitrogens with zero attached hydrogens (tertiary/aromatic N) is 1. The zero-order valence-corrected chi connectivity index (χ0v) is 14.4. The Balaban J connectivity index is 1.83. The van der Waals surface area contributed by atoms with Crippen molar-refractivity contribution >= 4 is 34.5 Å². The summed E-state index contributed by atoms with van der Waals surface area (Å²) in [5, 5.41) is 8.58. The lowest BCUT2D eigenvalue weighted by molar-refractivity contribution is -0.116. The van der Waals surface area contributed by atoms with Crippen LogP contribution in [-0.2, 0) is 16.0 Å². The second-order valence-corrected chi connectivity index (χ2v) is 6.57. The van der Waals surface area contributed by atoms with Gasteiger partial charge in [-0.1, -0.05) is 13.8 Å². The molecule has 0 saturated carbocycles. The second kappa shape index (κ2) is 7.87. The Morgan fingerprint density at radius 2 is 1.74 bits per heavy atom. The maximum absolute atomic E-state index is 12.0. The summed E-state index contributed by atoms with van der Waals surface area (Å²) < 4.78 is 0. The number of rotatable bonds is 6. The lowest BCUT2D eigenvalue weighted by atomic mass is 10.2. The fourth-order valence-electron chi connectivity index (χ4n) is 1.99. The van der Waals surface area contributed by atoms with Crippen LogP contribution in [0.3, 0.4) is 0 Å². The monoisotopic (exact) mass is 331 g/mol. The van der Waals surface area contributed by atoms with Gasteiger partial charge in [0.15, 0.2) is 0 Å². The molecule has 0 bridgehead atoms. The summed E-state index contributed by atoms with van der Waals surface area (Å²) in [7, 11) is 0. The lowest BCUT2D eigenvalue weighted by Crippen LogP contribution is -2.12. The van der Waals surface area contributed by atoms with Gasteiger partial charge in [-0.05, 0) is 30.2 Å². The fourth-order valence-corrected chi connectivity index (χ4v) is 2.95. The molecule has 0 spiro atoms. The molecule has 0 unspecified atom stereocenters. The summed E-state index contributed by atoms with van der Waals surface area (Å²) in [4.78, 5) is 27.5. The maximum atomic E-state index is 12.0. The first kappa shape index (κ1) is 17.1. The van der Waals surface area contributed by atoms with Gasteiger partial charge >= 0.3 is 0 Å². The van der Waals surface area contributed by atoms with E-state index in [1.54, 1.807) is 35.6 Å². The first-order chi connectivity index (χ1) is 10.9. The van der Waals surface area contributed by atoms with E-state index in [0.717, 1.165) is 10.7 Å². The summed E-state index contributed by atoms with van der Waals surface area (Å²) in [5.74, 6) is 0.250. The number of thiazole rings is 1. The highest BCUT2D eigenvalue weighted by atomic mass is 32.1. The third-order valence-electron chi connectivity index (χ3n) is 3.22. The van der Waals surface area contributed by atoms with E-state index < -0.39 is 0 Å². The summed E-state index contributed by atoms with van der Waals surface area (Å²) in [6, 6.07) is 7.05. The van der Waals surface area contributed by atoms with Gasteiger partial charge in [-0.15, -0.1) is 11.3 Å². The number of hydrogen-bond donors (Lipinski definition) is 2. The summed E-state index contributed by atoms with van der Waals surface area (Å²) in [6.45, 7) is 5.67. The van der Waals surface area contributed by atoms with Gasteiger partial charge in [0.1, 0.15) is 0 Å². The van der Waals surface area contributed by atoms with Crippen LogP contribution in [0.5, 0.6) is 0 Å². The number of aryl methyl sites for hydroxylation is 1. The van der Waals surface area contributed by atoms with Crippen molar-refractivity contribution < 1.29 is 9.59 Å². The van der Waals surface area contributed by atoms with Gasteiger partial charge in [0, 0.05) is 36.5 Å². The van der Waals surface area contributed by atoms with Crippen molar-refractivity contribution in [3.8, 4) is 0 Å². The molecule has 0 radical (unpaired) electrons. The van der Waals surface area contributed by atoms with Crippen molar-refractivity contribution in [3.63, 3.8) is 0 Å². The Hall–Kier alpha value is -2.21. The molecule has 1 aromatic heterocycles. The molecule has 0 aliphatic heterocycles. The topological polar surface area (TPSA) is 71.1 Å². The van der Waals surface area contributed by atoms with Crippen molar-refractivity contribution in [1.29, 1.82) is 0 Å². The summed E-state index contributed by atoms with van der Waals surface area (Å²) >= 11 is 1.60. The molecule has 0 aliphatic carbocycles. The normalized spacial score (nSPS) is 10.6. The maximum Gasteiger partial charge on any atom is 0.224 e. The first-order valence-electron chi connectivity index (χ1n) is 7.56. The van der Waals surface area contributed by atoms with Crippen LogP contribution in [0, 0.1) is 0 Å². The highest BCUT2D eigenvalue weighted by Gasteiger charge is 2.08. The van der Waals surface area contributed by atoms with E-state index >= 15 is 0 Å². The Morgan fingerprint density at radius 3 is 2.26 bits per heavy atom. The van der Waals surface area contributed by atoms with Gasteiger partial charge in [0.2, 0.25) is 11.8 Å². The number of hydrogen-bond acceptors (Lipinski definition) is 4. The molecule has 1 heterocycles. The molecule has 2 N–H and O–H groups in total. The van der Waals surface area contributed by atoms with E-state index in [2.05, 4.69) is 34.8 Å². The number of benzene rings is 1. The predicted molar refractivity (Wildman–Crippen MR) is 93.9 cm³/mol. The van der Waals surface area contributed by atoms with Crippen LogP contribution in [0.15, 0.2) is 29.6 Å². The molecule has 1 aromatic carbocycles. The molecular formula is C17H21N3O2S. The van der Waals surface area contributed by atoms with Gasteiger partial charge in [-0.2, -0.15) is 0 Å². The van der Waals surface area contributed by atoms with Gasteiger partial charge in [0.05, 0.1) is 10.7 Å². The number of nitrogens with one attached hydrogen (secondary N) is 2. The highest BCUT2D eigenvalue weighted by molar-refractivity contribution is 7.09. The minimum atomic E-state index is -0.119. The van der Waals surface area contributed by atoms with Crippen molar-refractivity contribution in [3.05, 3.63) is 40.3 Å². The molecule has 2 aromatic rings. The van der Waals surface area contributed by atoms with E-state index in [1.165, 1.54) is 6.92 Å². The smallest absolute Gasteiger partial charge is 0.224 e. The zero-order chi connectivity index (χ0) is 16.8. The molecule has 2 amide bonds. The van der Waals surface area contributed by atoms with Crippen molar-refractivity contribution in [2.24, 2.45) is 0 Å². The molecule has 122 valence electrons. The molecule has 0 aliphatic rings. The first-order valence-corrected chi connectivity index (χ1v) is 8.44. The van der Waals surface area contributed by atoms with E-state index in [1.807, 2.05) is 0 Å². The zero-order valence-electron chi connectivity index (χ0n) is 13.6. The van der Waals surface area contributed by atoms with Crippen molar-refractivity contribution in [2.45, 2.75) is 39.5 Å². The van der Waals surface area contributed by atoms with Gasteiger partial charge < -0.3 is 10.6 Å². The Bertz CT molecular complexity index is 677. The van der Waals surface area contributed by atoms with Crippen LogP contribution in [0.1, 0.15) is 43.8 Å². The van der Waals surface area contributed by atoms with Crippen LogP contribution in [0.25, 0.3) is 0 Å². The lowest BCUT2D eigenvalue weighted by Gasteiger charge is -2.06. The molecule has 0 atom stereocenters. The van der Waals surface area contributed by atoms with Crippen LogP contribution in [0.4, 0.5) is 11.4 Å². The third kappa shape index (κ3) is 5.49. The Kier molecular flexibility index (Phi) is 5.87. The van der Waals surface area contributed by atoms with E-state index in [-0.39, 0.29) is 11.8 Å². The minimum Gasteiger partial charge on any atom is -0.326 e. The summed E-state index contributed by atoms with van der Waals surface area (Å²) in [5.41, 5.74) is 2.50. The number of anilines is 2. The largest absolute Gasteiger partial charge is 0.326 e. The van der Waals surface area contributed by atoms with E-state index in [9.17, 15) is 9.59 Å². The highest BCUT2D eigenvalue weighted by Crippen LogP contribution is 2.19. The number of aromatic nitrogens is 1. The third-order valence-corrected chi connectivity index (χ3v) is 4.14. The van der Waals surface area contributed by atoms with Crippen LogP contribution in [0.2, 0.25) is 0 Å². The van der Waals surface area contributed by atoms with Crippen LogP contribution < -0.4 is 10.6 Å². The van der Waals surface area contributed by atoms with Gasteiger partial charge in [-0.3, -0.25) is 9.59 Å². The molecule has 5 nitrogen and oxygen atoms in total. The molecule has 0 fully saturated rings. The molecule has 2 rings (SSSR count). The molecule has 6 heteroatoms. The second-order valence-electron chi connectivity index (χ2n) is 5.63. The summed E-state index contributed by atoms with van der Waals surface area (Å²) in [6.07, 6.45) is 1.05. The SMILES string of the molecule is CC(=O)Nc1ccc(NC(=O)CCc2nc(C(C)C)cs2)cc1. The molecule has 23 heavy (non-hydrogen) atoms. The van der Waals surface area contributed by atoms with Crippen molar-refractivity contribution in [2.75, 3.05) is 10.6 Å². The van der Waals surface area contributed by atoms with E-state index in [4.69, 9.17) is 0 Å². The fraction of sp³-hybridized carbons (Fsp3) is 0.353. The number of carbonyl (C=O) groups excluding carboxylic acids is 2. The minimum absolute atomic E-state index is 0.0430. The van der Waals surface area contributed by atoms with Crippen LogP contribution in [-0.4, -0.2) is 16.8 Å². The molecule has 0 saturated heterocycles. The average Bonchev–Trinajstić information content (AvgIpc) is 2.96. The van der Waals surface area contributed by atoms with Gasteiger partial charge in [0.25, 0.3) is 0 Å². The number of amides is 2. The quantitative estimate of drug-likeness (QED) is 0.846. The van der Waals surface area contributed by atoms with Gasteiger partial charge in [-0.25, -0.2) is 4.98 Å².